The highest BCUT2D eigenvalue weighted by molar-refractivity contribution is 7.12. The first kappa shape index (κ1) is 10.5. The predicted octanol–water partition coefficient (Wildman–Crippen LogP) is 2.53. The van der Waals surface area contributed by atoms with Gasteiger partial charge in [-0.25, -0.2) is 0 Å². The summed E-state index contributed by atoms with van der Waals surface area (Å²) in [7, 11) is 0. The van der Waals surface area contributed by atoms with Crippen LogP contribution in [0.2, 0.25) is 0 Å². The number of hydrogen-bond donors (Lipinski definition) is 2. The van der Waals surface area contributed by atoms with E-state index in [4.69, 9.17) is 5.73 Å². The molecule has 0 saturated carbocycles. The lowest BCUT2D eigenvalue weighted by molar-refractivity contribution is 0.104. The Morgan fingerprint density at radius 3 is 2.71 bits per heavy atom. The van der Waals surface area contributed by atoms with Crippen molar-refractivity contribution in [3.63, 3.8) is 0 Å². The summed E-state index contributed by atoms with van der Waals surface area (Å²) < 4.78 is 0. The smallest absolute Gasteiger partial charge is 0.206 e. The van der Waals surface area contributed by atoms with Crippen molar-refractivity contribution in [3.05, 3.63) is 40.2 Å². The number of hydrogen-bond acceptors (Lipinski definition) is 3. The fourth-order valence-electron chi connectivity index (χ4n) is 1.12. The van der Waals surface area contributed by atoms with Gasteiger partial charge in [-0.05, 0) is 17.5 Å². The number of rotatable bonds is 2. The third-order valence-corrected chi connectivity index (χ3v) is 2.64. The fraction of sp³-hybridized carbons (Fsp3) is 0.100. The monoisotopic (exact) mass is 208 g/mol. The summed E-state index contributed by atoms with van der Waals surface area (Å²) in [6, 6.07) is 5.33. The number of nitrogen functional groups attached to an aromatic ring is 1. The van der Waals surface area contributed by atoms with Gasteiger partial charge in [0.05, 0.1) is 10.4 Å². The van der Waals surface area contributed by atoms with E-state index in [0.717, 1.165) is 0 Å². The van der Waals surface area contributed by atoms with E-state index < -0.39 is 0 Å². The minimum absolute atomic E-state index is 0. The molecular formula is C10H12N2OS. The van der Waals surface area contributed by atoms with E-state index in [1.54, 1.807) is 18.3 Å². The van der Waals surface area contributed by atoms with E-state index in [0.29, 0.717) is 16.3 Å². The highest BCUT2D eigenvalue weighted by Gasteiger charge is 2.13. The van der Waals surface area contributed by atoms with Gasteiger partial charge in [-0.15, -0.1) is 11.3 Å². The lowest BCUT2D eigenvalue weighted by Gasteiger charge is -1.94. The van der Waals surface area contributed by atoms with Crippen LogP contribution < -0.4 is 5.73 Å². The molecule has 0 spiro atoms. The number of carbonyl (C=O) groups excluding carboxylic acids is 1. The molecule has 0 atom stereocenters. The normalized spacial score (nSPS) is 9.43. The van der Waals surface area contributed by atoms with Gasteiger partial charge in [-0.1, -0.05) is 13.5 Å². The molecule has 0 radical (unpaired) electrons. The number of anilines is 1. The van der Waals surface area contributed by atoms with Crippen LogP contribution in [0.3, 0.4) is 0 Å². The van der Waals surface area contributed by atoms with Gasteiger partial charge in [-0.3, -0.25) is 4.79 Å². The lowest BCUT2D eigenvalue weighted by Crippen LogP contribution is -2.00. The molecule has 14 heavy (non-hydrogen) atoms. The number of aromatic nitrogens is 1. The van der Waals surface area contributed by atoms with Crippen molar-refractivity contribution >= 4 is 22.9 Å². The Kier molecular flexibility index (Phi) is 3.09. The molecule has 0 bridgehead atoms. The summed E-state index contributed by atoms with van der Waals surface area (Å²) in [6.07, 6.45) is 1.66. The minimum Gasteiger partial charge on any atom is -0.385 e. The summed E-state index contributed by atoms with van der Waals surface area (Å²) >= 11 is 1.42. The molecule has 0 aliphatic heterocycles. The third-order valence-electron chi connectivity index (χ3n) is 1.77. The summed E-state index contributed by atoms with van der Waals surface area (Å²) in [6.45, 7) is 0. The van der Waals surface area contributed by atoms with Crippen molar-refractivity contribution < 1.29 is 4.79 Å². The number of aromatic amines is 1. The summed E-state index contributed by atoms with van der Waals surface area (Å²) in [5.41, 5.74) is 6.12. The zero-order valence-electron chi connectivity index (χ0n) is 6.78. The van der Waals surface area contributed by atoms with Gasteiger partial charge >= 0.3 is 0 Å². The number of thiophene rings is 1. The number of nitrogens with two attached hydrogens (primary N) is 1. The van der Waals surface area contributed by atoms with Crippen molar-refractivity contribution in [1.29, 1.82) is 0 Å². The maximum absolute atomic E-state index is 11.7. The molecule has 3 N–H and O–H groups in total. The molecule has 3 nitrogen and oxygen atoms in total. The van der Waals surface area contributed by atoms with Crippen LogP contribution in [0.15, 0.2) is 29.8 Å². The first-order valence-corrected chi connectivity index (χ1v) is 4.68. The first-order chi connectivity index (χ1) is 6.29. The quantitative estimate of drug-likeness (QED) is 0.745. The van der Waals surface area contributed by atoms with Crippen LogP contribution in [-0.2, 0) is 0 Å². The number of H-pyrrole nitrogens is 1. The second-order valence-corrected chi connectivity index (χ2v) is 3.56. The predicted molar refractivity (Wildman–Crippen MR) is 59.7 cm³/mol. The maximum Gasteiger partial charge on any atom is 0.206 e. The molecular weight excluding hydrogens is 196 g/mol. The second kappa shape index (κ2) is 4.11. The van der Waals surface area contributed by atoms with E-state index in [9.17, 15) is 4.79 Å². The molecule has 0 aromatic carbocycles. The summed E-state index contributed by atoms with van der Waals surface area (Å²) in [5, 5.41) is 1.87. The van der Waals surface area contributed by atoms with Gasteiger partial charge in [0.1, 0.15) is 5.82 Å². The van der Waals surface area contributed by atoms with Crippen molar-refractivity contribution in [2.45, 2.75) is 7.43 Å². The third kappa shape index (κ3) is 1.70. The summed E-state index contributed by atoms with van der Waals surface area (Å²) in [4.78, 5) is 15.2. The second-order valence-electron chi connectivity index (χ2n) is 2.61. The van der Waals surface area contributed by atoms with Crippen LogP contribution >= 0.6 is 11.3 Å². The first-order valence-electron chi connectivity index (χ1n) is 3.80. The maximum atomic E-state index is 11.7. The van der Waals surface area contributed by atoms with Crippen LogP contribution in [0.1, 0.15) is 22.7 Å². The van der Waals surface area contributed by atoms with Gasteiger partial charge in [0.25, 0.3) is 0 Å². The molecule has 2 aromatic heterocycles. The molecule has 2 rings (SSSR count). The van der Waals surface area contributed by atoms with Gasteiger partial charge in [0.2, 0.25) is 5.78 Å². The highest BCUT2D eigenvalue weighted by atomic mass is 32.1. The standard InChI is InChI=1S/C9H8N2OS.CH4/c10-9-6(3-4-11-9)8(12)7-2-1-5-13-7;/h1-5,11H,10H2;1H4. The topological polar surface area (TPSA) is 58.9 Å². The van der Waals surface area contributed by atoms with Crippen molar-refractivity contribution in [3.8, 4) is 0 Å². The molecule has 74 valence electrons. The molecule has 0 unspecified atom stereocenters. The Morgan fingerprint density at radius 1 is 1.43 bits per heavy atom. The van der Waals surface area contributed by atoms with Gasteiger partial charge in [0, 0.05) is 6.20 Å². The zero-order valence-corrected chi connectivity index (χ0v) is 7.60. The van der Waals surface area contributed by atoms with E-state index in [1.807, 2.05) is 11.4 Å². The number of carbonyl (C=O) groups is 1. The molecule has 0 aliphatic carbocycles. The van der Waals surface area contributed by atoms with Crippen molar-refractivity contribution in [1.82, 2.24) is 4.98 Å². The van der Waals surface area contributed by atoms with E-state index in [-0.39, 0.29) is 13.2 Å². The average molecular weight is 208 g/mol. The Balaban J connectivity index is 0.000000980. The molecule has 2 aromatic rings. The Bertz CT molecular complexity index is 417. The number of ketones is 1. The lowest BCUT2D eigenvalue weighted by atomic mass is 10.2. The minimum atomic E-state index is -0.0197. The Hall–Kier alpha value is -1.55. The Morgan fingerprint density at radius 2 is 2.21 bits per heavy atom. The average Bonchev–Trinajstić information content (AvgIpc) is 2.72. The van der Waals surface area contributed by atoms with Crippen LogP contribution in [0, 0.1) is 0 Å². The van der Waals surface area contributed by atoms with Gasteiger partial charge in [-0.2, -0.15) is 0 Å². The molecule has 0 saturated heterocycles. The van der Waals surface area contributed by atoms with Crippen LogP contribution in [0.25, 0.3) is 0 Å². The fourth-order valence-corrected chi connectivity index (χ4v) is 1.80. The molecule has 0 aliphatic rings. The van der Waals surface area contributed by atoms with E-state index >= 15 is 0 Å². The Labute approximate surface area is 86.6 Å². The zero-order chi connectivity index (χ0) is 9.26. The van der Waals surface area contributed by atoms with Crippen LogP contribution in [-0.4, -0.2) is 10.8 Å². The van der Waals surface area contributed by atoms with E-state index in [2.05, 4.69) is 4.98 Å². The van der Waals surface area contributed by atoms with Gasteiger partial charge < -0.3 is 10.7 Å². The molecule has 0 fully saturated rings. The highest BCUT2D eigenvalue weighted by Crippen LogP contribution is 2.18. The molecule has 2 heterocycles. The largest absolute Gasteiger partial charge is 0.385 e. The van der Waals surface area contributed by atoms with Crippen LogP contribution in [0.4, 0.5) is 5.82 Å². The summed E-state index contributed by atoms with van der Waals surface area (Å²) in [5.74, 6) is 0.409. The number of nitrogens with one attached hydrogen (secondary N) is 1. The van der Waals surface area contributed by atoms with E-state index in [1.165, 1.54) is 11.3 Å². The molecule has 0 amide bonds. The molecule has 4 heteroatoms. The van der Waals surface area contributed by atoms with Crippen molar-refractivity contribution in [2.24, 2.45) is 0 Å². The van der Waals surface area contributed by atoms with Gasteiger partial charge in [0.15, 0.2) is 0 Å². The van der Waals surface area contributed by atoms with Crippen molar-refractivity contribution in [2.75, 3.05) is 5.73 Å². The SMILES string of the molecule is C.Nc1[nH]ccc1C(=O)c1cccs1. The van der Waals surface area contributed by atoms with Crippen LogP contribution in [0.5, 0.6) is 0 Å².